The molecule has 0 heterocycles. The van der Waals surface area contributed by atoms with Crippen LogP contribution in [-0.2, 0) is 14.8 Å². The maximum Gasteiger partial charge on any atom is 0.264 e. The first kappa shape index (κ1) is 21.8. The number of sulfonamides is 1. The lowest BCUT2D eigenvalue weighted by atomic mass is 10.1. The molecular formula is C22H20ClFN2O3S. The zero-order valence-electron chi connectivity index (χ0n) is 16.4. The number of hydrogen-bond donors (Lipinski definition) is 1. The van der Waals surface area contributed by atoms with Crippen LogP contribution in [0.1, 0.15) is 11.1 Å². The molecule has 0 aliphatic carbocycles. The van der Waals surface area contributed by atoms with Crippen molar-refractivity contribution < 1.29 is 17.6 Å². The molecule has 0 saturated heterocycles. The number of nitrogens with one attached hydrogen (secondary N) is 1. The summed E-state index contributed by atoms with van der Waals surface area (Å²) in [6.07, 6.45) is 0. The summed E-state index contributed by atoms with van der Waals surface area (Å²) in [5.41, 5.74) is 2.56. The van der Waals surface area contributed by atoms with Crippen LogP contribution in [0, 0.1) is 19.7 Å². The van der Waals surface area contributed by atoms with E-state index < -0.39 is 28.3 Å². The fourth-order valence-electron chi connectivity index (χ4n) is 2.95. The Morgan fingerprint density at radius 2 is 1.73 bits per heavy atom. The van der Waals surface area contributed by atoms with Gasteiger partial charge in [0.25, 0.3) is 10.0 Å². The van der Waals surface area contributed by atoms with Gasteiger partial charge in [-0.2, -0.15) is 0 Å². The quantitative estimate of drug-likeness (QED) is 0.583. The molecule has 0 bridgehead atoms. The van der Waals surface area contributed by atoms with E-state index in [-0.39, 0.29) is 15.6 Å². The highest BCUT2D eigenvalue weighted by Gasteiger charge is 2.27. The second kappa shape index (κ2) is 8.85. The van der Waals surface area contributed by atoms with Crippen molar-refractivity contribution >= 4 is 38.9 Å². The van der Waals surface area contributed by atoms with Crippen molar-refractivity contribution in [2.24, 2.45) is 0 Å². The Morgan fingerprint density at radius 3 is 2.37 bits per heavy atom. The monoisotopic (exact) mass is 446 g/mol. The molecule has 3 rings (SSSR count). The van der Waals surface area contributed by atoms with Gasteiger partial charge in [0.15, 0.2) is 0 Å². The molecule has 8 heteroatoms. The number of carbonyl (C=O) groups is 1. The molecule has 0 radical (unpaired) electrons. The minimum Gasteiger partial charge on any atom is -0.324 e. The first-order valence-corrected chi connectivity index (χ1v) is 10.9. The van der Waals surface area contributed by atoms with E-state index in [0.29, 0.717) is 5.69 Å². The predicted molar refractivity (Wildman–Crippen MR) is 117 cm³/mol. The van der Waals surface area contributed by atoms with Crippen LogP contribution in [-0.4, -0.2) is 20.9 Å². The third kappa shape index (κ3) is 4.80. The van der Waals surface area contributed by atoms with Crippen LogP contribution >= 0.6 is 11.6 Å². The molecule has 0 spiro atoms. The lowest BCUT2D eigenvalue weighted by molar-refractivity contribution is -0.114. The topological polar surface area (TPSA) is 66.5 Å². The van der Waals surface area contributed by atoms with Gasteiger partial charge in [-0.3, -0.25) is 9.10 Å². The lowest BCUT2D eigenvalue weighted by Gasteiger charge is -2.24. The van der Waals surface area contributed by atoms with Crippen LogP contribution in [0.15, 0.2) is 71.6 Å². The number of anilines is 2. The van der Waals surface area contributed by atoms with Crippen LogP contribution in [0.4, 0.5) is 15.8 Å². The Hall–Kier alpha value is -2.90. The number of aryl methyl sites for hydroxylation is 2. The first-order chi connectivity index (χ1) is 14.2. The Balaban J connectivity index is 1.97. The molecule has 3 aromatic carbocycles. The molecule has 0 saturated carbocycles. The molecule has 1 amide bonds. The van der Waals surface area contributed by atoms with Crippen molar-refractivity contribution in [3.05, 3.63) is 88.7 Å². The van der Waals surface area contributed by atoms with Crippen LogP contribution in [0.2, 0.25) is 5.02 Å². The van der Waals surface area contributed by atoms with Crippen LogP contribution < -0.4 is 9.62 Å². The molecule has 0 unspecified atom stereocenters. The minimum atomic E-state index is -4.10. The van der Waals surface area contributed by atoms with Crippen molar-refractivity contribution in [3.8, 4) is 0 Å². The maximum atomic E-state index is 13.6. The van der Waals surface area contributed by atoms with Gasteiger partial charge in [-0.15, -0.1) is 0 Å². The molecule has 0 fully saturated rings. The van der Waals surface area contributed by atoms with Gasteiger partial charge in [-0.05, 0) is 55.8 Å². The number of nitrogens with zero attached hydrogens (tertiary/aromatic N) is 1. The Bertz CT molecular complexity index is 1180. The molecule has 1 N–H and O–H groups in total. The summed E-state index contributed by atoms with van der Waals surface area (Å²) >= 11 is 5.86. The Morgan fingerprint density at radius 1 is 1.03 bits per heavy atom. The van der Waals surface area contributed by atoms with Gasteiger partial charge in [0.05, 0.1) is 15.6 Å². The number of carbonyl (C=O) groups excluding carboxylic acids is 1. The van der Waals surface area contributed by atoms with E-state index in [4.69, 9.17) is 11.6 Å². The molecule has 3 aromatic rings. The van der Waals surface area contributed by atoms with Gasteiger partial charge < -0.3 is 5.32 Å². The molecule has 156 valence electrons. The Kier molecular flexibility index (Phi) is 6.43. The summed E-state index contributed by atoms with van der Waals surface area (Å²) in [6, 6.07) is 16.7. The van der Waals surface area contributed by atoms with Crippen molar-refractivity contribution in [1.82, 2.24) is 0 Å². The standard InChI is InChI=1S/C22H20ClFN2O3S/c1-15-8-11-21(16(2)12-15)25-22(27)14-26(17-9-10-20(24)19(23)13-17)30(28,29)18-6-4-3-5-7-18/h3-13H,14H2,1-2H3,(H,25,27). The van der Waals surface area contributed by atoms with Gasteiger partial charge in [0.1, 0.15) is 12.4 Å². The Labute approximate surface area is 180 Å². The van der Waals surface area contributed by atoms with E-state index in [0.717, 1.165) is 21.5 Å². The summed E-state index contributed by atoms with van der Waals surface area (Å²) in [5, 5.41) is 2.49. The van der Waals surface area contributed by atoms with E-state index in [1.807, 2.05) is 26.0 Å². The van der Waals surface area contributed by atoms with Crippen molar-refractivity contribution in [2.45, 2.75) is 18.7 Å². The average Bonchev–Trinajstić information content (AvgIpc) is 2.71. The molecule has 5 nitrogen and oxygen atoms in total. The van der Waals surface area contributed by atoms with Crippen LogP contribution in [0.25, 0.3) is 0 Å². The molecule has 0 aliphatic heterocycles. The van der Waals surface area contributed by atoms with Gasteiger partial charge >= 0.3 is 0 Å². The van der Waals surface area contributed by atoms with Gasteiger partial charge in [0, 0.05) is 5.69 Å². The molecule has 30 heavy (non-hydrogen) atoms. The molecular weight excluding hydrogens is 427 g/mol. The fourth-order valence-corrected chi connectivity index (χ4v) is 4.56. The number of hydrogen-bond acceptors (Lipinski definition) is 3. The normalized spacial score (nSPS) is 11.2. The highest BCUT2D eigenvalue weighted by molar-refractivity contribution is 7.92. The highest BCUT2D eigenvalue weighted by atomic mass is 35.5. The SMILES string of the molecule is Cc1ccc(NC(=O)CN(c2ccc(F)c(Cl)c2)S(=O)(=O)c2ccccc2)c(C)c1. The molecule has 0 aliphatic rings. The van der Waals surface area contributed by atoms with Crippen molar-refractivity contribution in [2.75, 3.05) is 16.2 Å². The zero-order valence-corrected chi connectivity index (χ0v) is 18.0. The number of amides is 1. The van der Waals surface area contributed by atoms with Crippen LogP contribution in [0.3, 0.4) is 0 Å². The molecule has 0 atom stereocenters. The largest absolute Gasteiger partial charge is 0.324 e. The maximum absolute atomic E-state index is 13.6. The predicted octanol–water partition coefficient (Wildman–Crippen LogP) is 4.93. The zero-order chi connectivity index (χ0) is 21.9. The summed E-state index contributed by atoms with van der Waals surface area (Å²) in [6.45, 7) is 3.28. The van der Waals surface area contributed by atoms with Gasteiger partial charge in [-0.25, -0.2) is 12.8 Å². The van der Waals surface area contributed by atoms with E-state index >= 15 is 0 Å². The fraction of sp³-hybridized carbons (Fsp3) is 0.136. The summed E-state index contributed by atoms with van der Waals surface area (Å²) in [7, 11) is -4.10. The van der Waals surface area contributed by atoms with Crippen LogP contribution in [0.5, 0.6) is 0 Å². The lowest BCUT2D eigenvalue weighted by Crippen LogP contribution is -2.38. The second-order valence-corrected chi connectivity index (χ2v) is 9.06. The van der Waals surface area contributed by atoms with Gasteiger partial charge in [-0.1, -0.05) is 47.5 Å². The van der Waals surface area contributed by atoms with E-state index in [1.165, 1.54) is 24.3 Å². The van der Waals surface area contributed by atoms with E-state index in [1.54, 1.807) is 24.3 Å². The third-order valence-corrected chi connectivity index (χ3v) is 6.54. The average molecular weight is 447 g/mol. The third-order valence-electron chi connectivity index (χ3n) is 4.47. The summed E-state index contributed by atoms with van der Waals surface area (Å²) in [5.74, 6) is -1.22. The summed E-state index contributed by atoms with van der Waals surface area (Å²) < 4.78 is 41.0. The van der Waals surface area contributed by atoms with Crippen molar-refractivity contribution in [3.63, 3.8) is 0 Å². The number of halogens is 2. The van der Waals surface area contributed by atoms with Gasteiger partial charge in [0.2, 0.25) is 5.91 Å². The summed E-state index contributed by atoms with van der Waals surface area (Å²) in [4.78, 5) is 12.7. The highest BCUT2D eigenvalue weighted by Crippen LogP contribution is 2.28. The van der Waals surface area contributed by atoms with E-state index in [2.05, 4.69) is 5.32 Å². The van der Waals surface area contributed by atoms with E-state index in [9.17, 15) is 17.6 Å². The first-order valence-electron chi connectivity index (χ1n) is 9.08. The second-order valence-electron chi connectivity index (χ2n) is 6.79. The van der Waals surface area contributed by atoms with Crippen molar-refractivity contribution in [1.29, 1.82) is 0 Å². The molecule has 0 aromatic heterocycles. The number of benzene rings is 3. The minimum absolute atomic E-state index is 0.00441. The number of rotatable bonds is 6. The smallest absolute Gasteiger partial charge is 0.264 e.